The molecule has 0 spiro atoms. The molecule has 7 N–H and O–H groups in total. The van der Waals surface area contributed by atoms with E-state index in [4.69, 9.17) is 4.74 Å². The zero-order valence-electron chi connectivity index (χ0n) is 25.2. The summed E-state index contributed by atoms with van der Waals surface area (Å²) in [5.74, 6) is -2.38. The molecule has 0 atom stereocenters. The Balaban J connectivity index is 1.47. The molecule has 1 saturated heterocycles. The van der Waals surface area contributed by atoms with E-state index in [1.165, 1.54) is 35.3 Å². The Morgan fingerprint density at radius 3 is 2.39 bits per heavy atom. The predicted octanol–water partition coefficient (Wildman–Crippen LogP) is 0.669. The van der Waals surface area contributed by atoms with Gasteiger partial charge in [0.2, 0.25) is 5.91 Å². The summed E-state index contributed by atoms with van der Waals surface area (Å²) in [6.45, 7) is 1.17. The molecular weight excluding hydrogens is 607 g/mol. The number of anilines is 3. The summed E-state index contributed by atoms with van der Waals surface area (Å²) < 4.78 is 22.1. The standard InChI is InChI=1S/C29H35FN8O8/c1-37-22(28(42)38-8-5-15(6-9-38)7-10-39)13-19(36-37)18-11-17(30)12-21(25(18)46-2)31-20-14-23(32-26(40)16-3-4-16)34-35-24(20)27(41)33-29(43,44)45/h11-16,39,43-45H,3-10H2,1-2H3,(H,33,41)(H2,31,32,34,40). The number of rotatable bonds is 11. The average molecular weight is 643 g/mol. The van der Waals surface area contributed by atoms with Crippen molar-refractivity contribution in [1.29, 1.82) is 0 Å². The van der Waals surface area contributed by atoms with Gasteiger partial charge in [0, 0.05) is 50.4 Å². The number of aliphatic hydroxyl groups is 4. The lowest BCUT2D eigenvalue weighted by Gasteiger charge is -2.31. The summed E-state index contributed by atoms with van der Waals surface area (Å²) in [6, 6.07) is 4.97. The molecule has 2 fully saturated rings. The van der Waals surface area contributed by atoms with E-state index < -0.39 is 23.5 Å². The molecule has 3 aromatic rings. The smallest absolute Gasteiger partial charge is 0.369 e. The van der Waals surface area contributed by atoms with E-state index in [-0.39, 0.29) is 64.2 Å². The minimum absolute atomic E-state index is 0.0215. The number of aromatic nitrogens is 4. The van der Waals surface area contributed by atoms with E-state index in [1.54, 1.807) is 11.9 Å². The van der Waals surface area contributed by atoms with Gasteiger partial charge in [-0.25, -0.2) is 4.39 Å². The fourth-order valence-corrected chi connectivity index (χ4v) is 5.31. The third-order valence-corrected chi connectivity index (χ3v) is 7.83. The van der Waals surface area contributed by atoms with Crippen LogP contribution >= 0.6 is 0 Å². The number of aliphatic hydroxyl groups excluding tert-OH is 1. The van der Waals surface area contributed by atoms with Crippen molar-refractivity contribution < 1.29 is 43.9 Å². The lowest BCUT2D eigenvalue weighted by Crippen LogP contribution is -2.48. The Morgan fingerprint density at radius 2 is 1.76 bits per heavy atom. The van der Waals surface area contributed by atoms with Crippen molar-refractivity contribution in [3.8, 4) is 17.0 Å². The highest BCUT2D eigenvalue weighted by Crippen LogP contribution is 2.39. The summed E-state index contributed by atoms with van der Waals surface area (Å²) in [5.41, 5.74) is -0.0885. The number of amides is 3. The molecule has 5 rings (SSSR count). The van der Waals surface area contributed by atoms with Crippen LogP contribution in [0.15, 0.2) is 24.3 Å². The minimum Gasteiger partial charge on any atom is -0.494 e. The summed E-state index contributed by atoms with van der Waals surface area (Å²) in [6.07, 6.45) is 0.0806. The van der Waals surface area contributed by atoms with Gasteiger partial charge in [-0.1, -0.05) is 0 Å². The lowest BCUT2D eigenvalue weighted by molar-refractivity contribution is -0.323. The van der Waals surface area contributed by atoms with Crippen LogP contribution < -0.4 is 20.7 Å². The maximum Gasteiger partial charge on any atom is 0.369 e. The fraction of sp³-hybridized carbons (Fsp3) is 0.448. The molecule has 1 saturated carbocycles. The zero-order chi connectivity index (χ0) is 33.2. The Kier molecular flexibility index (Phi) is 9.47. The molecule has 1 aromatic carbocycles. The van der Waals surface area contributed by atoms with E-state index in [0.717, 1.165) is 18.9 Å². The van der Waals surface area contributed by atoms with Gasteiger partial charge in [0.1, 0.15) is 11.5 Å². The Labute approximate surface area is 262 Å². The predicted molar refractivity (Wildman–Crippen MR) is 159 cm³/mol. The minimum atomic E-state index is -3.58. The van der Waals surface area contributed by atoms with Crippen molar-refractivity contribution in [3.63, 3.8) is 0 Å². The van der Waals surface area contributed by atoms with Gasteiger partial charge in [0.15, 0.2) is 17.3 Å². The van der Waals surface area contributed by atoms with Gasteiger partial charge in [-0.05, 0) is 50.2 Å². The Bertz CT molecular complexity index is 1630. The van der Waals surface area contributed by atoms with Crippen LogP contribution in [0.2, 0.25) is 0 Å². The lowest BCUT2D eigenvalue weighted by atomic mass is 9.94. The molecular formula is C29H35FN8O8. The molecule has 2 aromatic heterocycles. The van der Waals surface area contributed by atoms with Crippen LogP contribution in [-0.2, 0) is 11.8 Å². The first kappa shape index (κ1) is 32.7. The number of benzene rings is 1. The molecule has 46 heavy (non-hydrogen) atoms. The number of carbonyl (C=O) groups is 3. The Hall–Kier alpha value is -4.71. The average Bonchev–Trinajstić information content (AvgIpc) is 3.78. The molecule has 1 aliphatic carbocycles. The van der Waals surface area contributed by atoms with Gasteiger partial charge in [-0.15, -0.1) is 10.2 Å². The number of hydrogen-bond donors (Lipinski definition) is 7. The number of aryl methyl sites for hydroxylation is 1. The van der Waals surface area contributed by atoms with E-state index >= 15 is 4.39 Å². The van der Waals surface area contributed by atoms with E-state index in [9.17, 15) is 34.8 Å². The second-order valence-corrected chi connectivity index (χ2v) is 11.3. The van der Waals surface area contributed by atoms with Crippen molar-refractivity contribution in [2.45, 2.75) is 38.2 Å². The molecule has 0 unspecified atom stereocenters. The van der Waals surface area contributed by atoms with Crippen molar-refractivity contribution >= 4 is 34.9 Å². The van der Waals surface area contributed by atoms with Crippen LogP contribution in [0.1, 0.15) is 53.1 Å². The SMILES string of the molecule is COc1c(Nc2cc(NC(=O)C3CC3)nnc2C(=O)NC(O)(O)O)cc(F)cc1-c1cc(C(=O)N2CCC(CCO)CC2)n(C)n1. The molecule has 3 amide bonds. The first-order chi connectivity index (χ1) is 21.9. The zero-order valence-corrected chi connectivity index (χ0v) is 25.2. The molecule has 3 heterocycles. The fourth-order valence-electron chi connectivity index (χ4n) is 5.31. The van der Waals surface area contributed by atoms with Crippen molar-refractivity contribution in [1.82, 2.24) is 30.2 Å². The second kappa shape index (κ2) is 13.3. The highest BCUT2D eigenvalue weighted by Gasteiger charge is 2.31. The number of ether oxygens (including phenoxy) is 1. The number of carbonyl (C=O) groups excluding carboxylic acids is 3. The van der Waals surface area contributed by atoms with Crippen molar-refractivity contribution in [2.75, 3.05) is 37.4 Å². The van der Waals surface area contributed by atoms with Crippen LogP contribution in [0, 0.1) is 17.7 Å². The highest BCUT2D eigenvalue weighted by molar-refractivity contribution is 6.00. The third-order valence-electron chi connectivity index (χ3n) is 7.83. The molecule has 0 radical (unpaired) electrons. The highest BCUT2D eigenvalue weighted by atomic mass is 19.1. The van der Waals surface area contributed by atoms with Gasteiger partial charge in [-0.2, -0.15) is 5.10 Å². The monoisotopic (exact) mass is 642 g/mol. The first-order valence-electron chi connectivity index (χ1n) is 14.6. The van der Waals surface area contributed by atoms with E-state index in [2.05, 4.69) is 25.9 Å². The maximum atomic E-state index is 15.1. The molecule has 2 aliphatic rings. The topological polar surface area (TPSA) is 224 Å². The number of hydrogen-bond acceptors (Lipinski definition) is 12. The van der Waals surface area contributed by atoms with Crippen LogP contribution in [0.3, 0.4) is 0 Å². The van der Waals surface area contributed by atoms with Crippen LogP contribution in [0.4, 0.5) is 21.6 Å². The summed E-state index contributed by atoms with van der Waals surface area (Å²) in [4.78, 5) is 40.1. The summed E-state index contributed by atoms with van der Waals surface area (Å²) >= 11 is 0. The van der Waals surface area contributed by atoms with Crippen LogP contribution in [-0.4, -0.2) is 95.9 Å². The second-order valence-electron chi connectivity index (χ2n) is 11.3. The molecule has 16 nitrogen and oxygen atoms in total. The summed E-state index contributed by atoms with van der Waals surface area (Å²) in [5, 5.41) is 56.0. The largest absolute Gasteiger partial charge is 0.494 e. The maximum absolute atomic E-state index is 15.1. The number of likely N-dealkylation sites (tertiary alicyclic amines) is 1. The Morgan fingerprint density at radius 1 is 1.04 bits per heavy atom. The number of nitrogens with one attached hydrogen (secondary N) is 3. The third kappa shape index (κ3) is 7.56. The van der Waals surface area contributed by atoms with Crippen LogP contribution in [0.25, 0.3) is 11.3 Å². The van der Waals surface area contributed by atoms with E-state index in [0.29, 0.717) is 38.3 Å². The summed E-state index contributed by atoms with van der Waals surface area (Å²) in [7, 11) is 2.92. The number of nitrogens with zero attached hydrogens (tertiary/aromatic N) is 5. The van der Waals surface area contributed by atoms with Crippen molar-refractivity contribution in [2.24, 2.45) is 18.9 Å². The van der Waals surface area contributed by atoms with Crippen LogP contribution in [0.5, 0.6) is 5.75 Å². The number of halogens is 1. The van der Waals surface area contributed by atoms with Crippen molar-refractivity contribution in [3.05, 3.63) is 41.5 Å². The van der Waals surface area contributed by atoms with Gasteiger partial charge in [0.05, 0.1) is 24.2 Å². The number of methoxy groups -OCH3 is 1. The van der Waals surface area contributed by atoms with Gasteiger partial charge in [0.25, 0.3) is 11.8 Å². The quantitative estimate of drug-likeness (QED) is 0.143. The first-order valence-corrected chi connectivity index (χ1v) is 14.6. The molecule has 246 valence electrons. The van der Waals surface area contributed by atoms with Gasteiger partial charge < -0.3 is 40.7 Å². The van der Waals surface area contributed by atoms with E-state index in [1.807, 2.05) is 0 Å². The number of piperidine rings is 1. The molecule has 0 bridgehead atoms. The van der Waals surface area contributed by atoms with Gasteiger partial charge in [-0.3, -0.25) is 24.4 Å². The normalized spacial score (nSPS) is 15.4. The van der Waals surface area contributed by atoms with Gasteiger partial charge >= 0.3 is 6.10 Å². The molecule has 17 heteroatoms. The molecule has 1 aliphatic heterocycles.